The van der Waals surface area contributed by atoms with Gasteiger partial charge in [0.1, 0.15) is 11.5 Å². The minimum atomic E-state index is -0.822. The van der Waals surface area contributed by atoms with Crippen molar-refractivity contribution in [3.8, 4) is 0 Å². The molecule has 5 nitrogen and oxygen atoms in total. The number of hydrogen-bond acceptors (Lipinski definition) is 5. The van der Waals surface area contributed by atoms with Crippen LogP contribution in [0.3, 0.4) is 0 Å². The van der Waals surface area contributed by atoms with Crippen molar-refractivity contribution in [3.63, 3.8) is 0 Å². The number of allylic oxidation sites excluding steroid dienone is 3. The Morgan fingerprint density at radius 3 is 2.57 bits per heavy atom. The van der Waals surface area contributed by atoms with E-state index in [1.54, 1.807) is 5.41 Å². The van der Waals surface area contributed by atoms with Crippen LogP contribution in [0.15, 0.2) is 75.6 Å². The van der Waals surface area contributed by atoms with Crippen molar-refractivity contribution < 1.29 is 9.22 Å². The van der Waals surface area contributed by atoms with Crippen LogP contribution >= 0.6 is 11.9 Å². The lowest BCUT2D eigenvalue weighted by Gasteiger charge is -2.56. The van der Waals surface area contributed by atoms with Gasteiger partial charge in [0.05, 0.1) is 31.2 Å². The monoisotopic (exact) mass is 430 g/mol. The maximum absolute atomic E-state index is 15.4. The van der Waals surface area contributed by atoms with E-state index < -0.39 is 5.66 Å². The van der Waals surface area contributed by atoms with E-state index >= 15 is 4.48 Å². The van der Waals surface area contributed by atoms with E-state index in [9.17, 15) is 0 Å². The van der Waals surface area contributed by atoms with E-state index in [-0.39, 0.29) is 6.54 Å². The number of nitrogens with one attached hydrogen (secondary N) is 1. The quantitative estimate of drug-likeness (QED) is 0.281. The average molecular weight is 431 g/mol. The third-order valence-corrected chi connectivity index (χ3v) is 6.40. The van der Waals surface area contributed by atoms with E-state index in [1.807, 2.05) is 38.7 Å². The van der Waals surface area contributed by atoms with Crippen molar-refractivity contribution in [2.75, 3.05) is 19.8 Å². The fraction of sp³-hybridized carbons (Fsp3) is 0.435. The van der Waals surface area contributed by atoms with Crippen LogP contribution < -0.4 is 4.72 Å². The van der Waals surface area contributed by atoms with Crippen LogP contribution in [0.1, 0.15) is 40.5 Å². The summed E-state index contributed by atoms with van der Waals surface area (Å²) in [6.45, 7) is 21.6. The van der Waals surface area contributed by atoms with Crippen LogP contribution in [-0.4, -0.2) is 41.3 Å². The molecular weight excluding hydrogens is 399 g/mol. The Hall–Kier alpha value is -2.09. The van der Waals surface area contributed by atoms with Crippen LogP contribution in [0.25, 0.3) is 0 Å². The highest BCUT2D eigenvalue weighted by molar-refractivity contribution is 8.00. The molecule has 0 bridgehead atoms. The highest BCUT2D eigenvalue weighted by Crippen LogP contribution is 2.47. The first-order valence-electron chi connectivity index (χ1n) is 10.1. The SMILES string of the molecule is C=CSNC(=NC1=CC(C)=C2C(=C)CN(F)C3(CCOCC3)N2C1=C)C(C)=C(C)C. The van der Waals surface area contributed by atoms with Crippen molar-refractivity contribution in [2.45, 2.75) is 46.2 Å². The molecule has 2 saturated heterocycles. The van der Waals surface area contributed by atoms with Crippen LogP contribution in [0.4, 0.5) is 4.48 Å². The molecule has 0 amide bonds. The van der Waals surface area contributed by atoms with Gasteiger partial charge in [0.25, 0.3) is 0 Å². The molecule has 2 fully saturated rings. The summed E-state index contributed by atoms with van der Waals surface area (Å²) in [5, 5.41) is 2.62. The molecule has 7 heteroatoms. The smallest absolute Gasteiger partial charge is 0.139 e. The second-order valence-corrected chi connectivity index (χ2v) is 8.81. The molecule has 0 aromatic rings. The molecule has 0 aliphatic carbocycles. The summed E-state index contributed by atoms with van der Waals surface area (Å²) >= 11 is 1.37. The highest BCUT2D eigenvalue weighted by Gasteiger charge is 2.51. The topological polar surface area (TPSA) is 40.1 Å². The van der Waals surface area contributed by atoms with Gasteiger partial charge in [-0.2, -0.15) is 0 Å². The summed E-state index contributed by atoms with van der Waals surface area (Å²) in [6, 6.07) is 0. The second-order valence-electron chi connectivity index (χ2n) is 8.03. The maximum Gasteiger partial charge on any atom is 0.139 e. The molecule has 3 heterocycles. The van der Waals surface area contributed by atoms with Gasteiger partial charge in [-0.15, -0.1) is 9.60 Å². The van der Waals surface area contributed by atoms with Gasteiger partial charge in [-0.05, 0) is 67.8 Å². The Bertz CT molecular complexity index is 889. The zero-order valence-electron chi connectivity index (χ0n) is 18.3. The zero-order valence-corrected chi connectivity index (χ0v) is 19.2. The third-order valence-electron chi connectivity index (χ3n) is 5.92. The normalized spacial score (nSPS) is 22.1. The summed E-state index contributed by atoms with van der Waals surface area (Å²) in [5.41, 5.74) is 5.46. The minimum Gasteiger partial charge on any atom is -0.381 e. The standard InChI is InChI=1S/C23H31FN4OS/c1-8-30-26-22(18(6)15(2)3)25-20-13-16(4)21-17(5)14-27(24)23(28(21)19(20)7)9-11-29-12-10-23/h8,13H,1,5,7,9-12,14H2,2-4,6H3,(H,25,26). The Kier molecular flexibility index (Phi) is 6.75. The lowest BCUT2D eigenvalue weighted by molar-refractivity contribution is -0.188. The lowest BCUT2D eigenvalue weighted by Crippen LogP contribution is -2.63. The van der Waals surface area contributed by atoms with Crippen molar-refractivity contribution in [1.29, 1.82) is 0 Å². The fourth-order valence-corrected chi connectivity index (χ4v) is 4.47. The van der Waals surface area contributed by atoms with Crippen LogP contribution in [0.2, 0.25) is 0 Å². The molecule has 0 saturated carbocycles. The number of nitrogens with zero attached hydrogens (tertiary/aromatic N) is 3. The Morgan fingerprint density at radius 1 is 1.30 bits per heavy atom. The van der Waals surface area contributed by atoms with Gasteiger partial charge in [-0.3, -0.25) is 0 Å². The first-order valence-corrected chi connectivity index (χ1v) is 11.0. The first kappa shape index (κ1) is 22.6. The molecule has 3 rings (SSSR count). The van der Waals surface area contributed by atoms with E-state index in [2.05, 4.69) is 24.5 Å². The molecule has 0 atom stereocenters. The zero-order chi connectivity index (χ0) is 22.1. The molecule has 30 heavy (non-hydrogen) atoms. The number of amidine groups is 1. The van der Waals surface area contributed by atoms with E-state index in [0.717, 1.165) is 38.9 Å². The van der Waals surface area contributed by atoms with E-state index in [0.29, 0.717) is 37.4 Å². The minimum absolute atomic E-state index is 0.183. The summed E-state index contributed by atoms with van der Waals surface area (Å²) in [7, 11) is 0. The number of halogens is 1. The van der Waals surface area contributed by atoms with Crippen molar-refractivity contribution in [3.05, 3.63) is 70.6 Å². The number of rotatable bonds is 4. The van der Waals surface area contributed by atoms with Gasteiger partial charge < -0.3 is 14.4 Å². The molecule has 0 aromatic carbocycles. The third kappa shape index (κ3) is 3.94. The number of hydrogen-bond donors (Lipinski definition) is 1. The number of ether oxygens (including phenoxy) is 1. The largest absolute Gasteiger partial charge is 0.381 e. The van der Waals surface area contributed by atoms with Gasteiger partial charge in [0.15, 0.2) is 0 Å². The molecule has 3 aliphatic rings. The molecule has 1 N–H and O–H groups in total. The molecule has 0 aromatic heterocycles. The summed E-state index contributed by atoms with van der Waals surface area (Å²) in [5.74, 6) is 0.734. The summed E-state index contributed by atoms with van der Waals surface area (Å²) < 4.78 is 24.2. The second kappa shape index (κ2) is 8.96. The van der Waals surface area contributed by atoms with Gasteiger partial charge in [-0.25, -0.2) is 4.99 Å². The first-order chi connectivity index (χ1) is 14.2. The Morgan fingerprint density at radius 2 is 1.97 bits per heavy atom. The van der Waals surface area contributed by atoms with E-state index in [1.165, 1.54) is 11.9 Å². The Labute approximate surface area is 183 Å². The number of aliphatic imine (C=N–C) groups is 1. The maximum atomic E-state index is 15.4. The Balaban J connectivity index is 2.11. The summed E-state index contributed by atoms with van der Waals surface area (Å²) in [4.78, 5) is 6.91. The molecule has 162 valence electrons. The van der Waals surface area contributed by atoms with Crippen molar-refractivity contribution >= 4 is 17.8 Å². The fourth-order valence-electron chi connectivity index (χ4n) is 4.08. The van der Waals surface area contributed by atoms with Gasteiger partial charge in [0.2, 0.25) is 0 Å². The predicted molar refractivity (Wildman–Crippen MR) is 124 cm³/mol. The van der Waals surface area contributed by atoms with Crippen molar-refractivity contribution in [2.24, 2.45) is 4.99 Å². The van der Waals surface area contributed by atoms with E-state index in [4.69, 9.17) is 9.73 Å². The molecule has 0 radical (unpaired) electrons. The number of fused-ring (bicyclic) bond motifs is 2. The molecule has 1 spiro atoms. The van der Waals surface area contributed by atoms with Crippen LogP contribution in [0, 0.1) is 0 Å². The molecular formula is C23H31FN4OS. The van der Waals surface area contributed by atoms with Crippen molar-refractivity contribution in [1.82, 2.24) is 14.7 Å². The van der Waals surface area contributed by atoms with Crippen LogP contribution in [-0.2, 0) is 4.74 Å². The predicted octanol–water partition coefficient (Wildman–Crippen LogP) is 5.37. The van der Waals surface area contributed by atoms with Gasteiger partial charge in [0, 0.05) is 18.5 Å². The summed E-state index contributed by atoms with van der Waals surface area (Å²) in [6.07, 6.45) is 3.11. The highest BCUT2D eigenvalue weighted by atomic mass is 32.2. The van der Waals surface area contributed by atoms with Crippen LogP contribution in [0.5, 0.6) is 0 Å². The van der Waals surface area contributed by atoms with Gasteiger partial charge in [-0.1, -0.05) is 25.3 Å². The molecule has 3 aliphatic heterocycles. The molecule has 0 unspecified atom stereocenters. The average Bonchev–Trinajstić information content (AvgIpc) is 2.71. The van der Waals surface area contributed by atoms with Gasteiger partial charge >= 0.3 is 0 Å². The lowest BCUT2D eigenvalue weighted by atomic mass is 9.87.